The van der Waals surface area contributed by atoms with Crippen molar-refractivity contribution in [3.05, 3.63) is 83.2 Å². The van der Waals surface area contributed by atoms with E-state index in [0.717, 1.165) is 22.4 Å². The van der Waals surface area contributed by atoms with E-state index in [1.165, 1.54) is 5.56 Å². The number of nitrogens with one attached hydrogen (secondary N) is 1. The predicted molar refractivity (Wildman–Crippen MR) is 128 cm³/mol. The Bertz CT molecular complexity index is 1070. The summed E-state index contributed by atoms with van der Waals surface area (Å²) in [7, 11) is 0. The van der Waals surface area contributed by atoms with Crippen LogP contribution in [0.2, 0.25) is 0 Å². The summed E-state index contributed by atoms with van der Waals surface area (Å²) < 4.78 is 17.2. The smallest absolute Gasteiger partial charge is 0.251 e. The van der Waals surface area contributed by atoms with Gasteiger partial charge in [0.2, 0.25) is 0 Å². The monoisotopic (exact) mass is 446 g/mol. The van der Waals surface area contributed by atoms with Crippen molar-refractivity contribution in [1.29, 1.82) is 0 Å². The average molecular weight is 447 g/mol. The maximum atomic E-state index is 13.2. The van der Waals surface area contributed by atoms with Crippen molar-refractivity contribution in [3.63, 3.8) is 0 Å². The van der Waals surface area contributed by atoms with Crippen LogP contribution in [0.25, 0.3) is 11.1 Å². The molecule has 0 spiro atoms. The molecule has 1 saturated heterocycles. The average Bonchev–Trinajstić information content (AvgIpc) is 2.84. The van der Waals surface area contributed by atoms with Gasteiger partial charge < -0.3 is 19.5 Å². The number of pyridine rings is 1. The summed E-state index contributed by atoms with van der Waals surface area (Å²) in [6.07, 6.45) is 1.68. The molecule has 33 heavy (non-hydrogen) atoms. The summed E-state index contributed by atoms with van der Waals surface area (Å²) in [4.78, 5) is 17.5. The summed E-state index contributed by atoms with van der Waals surface area (Å²) in [6.45, 7) is 7.99. The van der Waals surface area contributed by atoms with Crippen molar-refractivity contribution in [2.24, 2.45) is 0 Å². The molecule has 0 bridgehead atoms. The molecule has 3 aromatic rings. The lowest BCUT2D eigenvalue weighted by molar-refractivity contribution is -0.101. The number of nitrogens with zero attached hydrogens (tertiary/aromatic N) is 1. The Kier molecular flexibility index (Phi) is 7.37. The Morgan fingerprint density at radius 3 is 2.61 bits per heavy atom. The first kappa shape index (κ1) is 23.0. The highest BCUT2D eigenvalue weighted by Crippen LogP contribution is 2.27. The molecule has 1 aromatic heterocycles. The SMILES string of the molecule is Cc1ccc(-c2cc(OCC3COCCO3)cc(C(=O)N[C@H](C)c3ccc(C)nc3)c2)cc1. The minimum absolute atomic E-state index is 0.117. The minimum atomic E-state index is -0.175. The number of hydrogen-bond donors (Lipinski definition) is 1. The van der Waals surface area contributed by atoms with E-state index in [0.29, 0.717) is 37.7 Å². The number of hydrogen-bond acceptors (Lipinski definition) is 5. The van der Waals surface area contributed by atoms with Crippen LogP contribution >= 0.6 is 0 Å². The number of amides is 1. The maximum absolute atomic E-state index is 13.2. The fourth-order valence-corrected chi connectivity index (χ4v) is 3.65. The third kappa shape index (κ3) is 6.18. The van der Waals surface area contributed by atoms with Crippen molar-refractivity contribution in [3.8, 4) is 16.9 Å². The van der Waals surface area contributed by atoms with E-state index < -0.39 is 0 Å². The fraction of sp³-hybridized carbons (Fsp3) is 0.333. The van der Waals surface area contributed by atoms with Gasteiger partial charge in [-0.05, 0) is 61.7 Å². The van der Waals surface area contributed by atoms with E-state index in [1.54, 1.807) is 12.3 Å². The Labute approximate surface area is 194 Å². The van der Waals surface area contributed by atoms with E-state index in [4.69, 9.17) is 14.2 Å². The maximum Gasteiger partial charge on any atom is 0.251 e. The first-order valence-electron chi connectivity index (χ1n) is 11.3. The van der Waals surface area contributed by atoms with Gasteiger partial charge in [0.25, 0.3) is 5.91 Å². The Morgan fingerprint density at radius 2 is 1.91 bits per heavy atom. The van der Waals surface area contributed by atoms with Crippen LogP contribution in [0, 0.1) is 13.8 Å². The fourth-order valence-electron chi connectivity index (χ4n) is 3.65. The van der Waals surface area contributed by atoms with Gasteiger partial charge in [-0.2, -0.15) is 0 Å². The first-order chi connectivity index (χ1) is 16.0. The highest BCUT2D eigenvalue weighted by atomic mass is 16.6. The molecule has 1 N–H and O–H groups in total. The molecule has 1 fully saturated rings. The molecule has 1 aliphatic heterocycles. The number of carbonyl (C=O) groups is 1. The Balaban J connectivity index is 1.56. The van der Waals surface area contributed by atoms with Crippen LogP contribution < -0.4 is 10.1 Å². The van der Waals surface area contributed by atoms with E-state index in [-0.39, 0.29) is 18.1 Å². The van der Waals surface area contributed by atoms with Crippen molar-refractivity contribution >= 4 is 5.91 Å². The zero-order chi connectivity index (χ0) is 23.2. The zero-order valence-corrected chi connectivity index (χ0v) is 19.3. The van der Waals surface area contributed by atoms with Gasteiger partial charge in [0.15, 0.2) is 0 Å². The quantitative estimate of drug-likeness (QED) is 0.572. The summed E-state index contributed by atoms with van der Waals surface area (Å²) >= 11 is 0. The molecule has 0 radical (unpaired) electrons. The van der Waals surface area contributed by atoms with Crippen LogP contribution in [-0.2, 0) is 9.47 Å². The van der Waals surface area contributed by atoms with Crippen molar-refractivity contribution < 1.29 is 19.0 Å². The summed E-state index contributed by atoms with van der Waals surface area (Å²) in [5.74, 6) is 0.455. The van der Waals surface area contributed by atoms with Gasteiger partial charge in [-0.3, -0.25) is 9.78 Å². The van der Waals surface area contributed by atoms with Crippen LogP contribution in [0.1, 0.15) is 40.1 Å². The van der Waals surface area contributed by atoms with Crippen LogP contribution in [0.3, 0.4) is 0 Å². The molecule has 2 heterocycles. The van der Waals surface area contributed by atoms with Gasteiger partial charge in [0.05, 0.1) is 25.9 Å². The molecule has 2 aromatic carbocycles. The van der Waals surface area contributed by atoms with E-state index in [9.17, 15) is 4.79 Å². The standard InChI is InChI=1S/C27H30N2O4/c1-18-4-7-21(8-5-18)23-12-24(14-25(13-23)33-17-26-16-31-10-11-32-26)27(30)29-20(3)22-9-6-19(2)28-15-22/h4-9,12-15,20,26H,10-11,16-17H2,1-3H3,(H,29,30)/t20-,26?/m1/s1. The lowest BCUT2D eigenvalue weighted by Crippen LogP contribution is -2.33. The van der Waals surface area contributed by atoms with Gasteiger partial charge in [-0.1, -0.05) is 35.9 Å². The molecule has 0 aliphatic carbocycles. The summed E-state index contributed by atoms with van der Waals surface area (Å²) in [5.41, 5.74) is 5.55. The van der Waals surface area contributed by atoms with Crippen LogP contribution in [-0.4, -0.2) is 43.4 Å². The molecular weight excluding hydrogens is 416 g/mol. The normalized spacial score (nSPS) is 16.8. The highest BCUT2D eigenvalue weighted by molar-refractivity contribution is 5.96. The zero-order valence-electron chi connectivity index (χ0n) is 19.3. The van der Waals surface area contributed by atoms with E-state index in [2.05, 4.69) is 41.5 Å². The largest absolute Gasteiger partial charge is 0.491 e. The molecule has 1 amide bonds. The molecule has 172 valence electrons. The highest BCUT2D eigenvalue weighted by Gasteiger charge is 2.17. The lowest BCUT2D eigenvalue weighted by Gasteiger charge is -2.23. The predicted octanol–water partition coefficient (Wildman–Crippen LogP) is 4.65. The van der Waals surface area contributed by atoms with Gasteiger partial charge in [0, 0.05) is 17.5 Å². The second kappa shape index (κ2) is 10.6. The van der Waals surface area contributed by atoms with Crippen LogP contribution in [0.5, 0.6) is 5.75 Å². The molecule has 2 atom stereocenters. The number of aromatic nitrogens is 1. The van der Waals surface area contributed by atoms with Gasteiger partial charge in [0.1, 0.15) is 18.5 Å². The number of rotatable bonds is 7. The van der Waals surface area contributed by atoms with Gasteiger partial charge in [-0.25, -0.2) is 0 Å². The van der Waals surface area contributed by atoms with E-state index >= 15 is 0 Å². The summed E-state index contributed by atoms with van der Waals surface area (Å²) in [5, 5.41) is 3.07. The summed E-state index contributed by atoms with van der Waals surface area (Å²) in [6, 6.07) is 17.6. The third-order valence-electron chi connectivity index (χ3n) is 5.66. The molecule has 1 unspecified atom stereocenters. The topological polar surface area (TPSA) is 69.7 Å². The molecule has 6 nitrogen and oxygen atoms in total. The number of ether oxygens (including phenoxy) is 3. The van der Waals surface area contributed by atoms with Gasteiger partial charge in [-0.15, -0.1) is 0 Å². The van der Waals surface area contributed by atoms with Crippen LogP contribution in [0.15, 0.2) is 60.8 Å². The number of benzene rings is 2. The molecule has 6 heteroatoms. The van der Waals surface area contributed by atoms with Crippen molar-refractivity contribution in [2.75, 3.05) is 26.4 Å². The molecule has 4 rings (SSSR count). The van der Waals surface area contributed by atoms with Gasteiger partial charge >= 0.3 is 0 Å². The molecule has 0 saturated carbocycles. The Hall–Kier alpha value is -3.22. The second-order valence-electron chi connectivity index (χ2n) is 8.42. The first-order valence-corrected chi connectivity index (χ1v) is 11.3. The second-order valence-corrected chi connectivity index (χ2v) is 8.42. The van der Waals surface area contributed by atoms with E-state index in [1.807, 2.05) is 38.1 Å². The minimum Gasteiger partial charge on any atom is -0.491 e. The molecule has 1 aliphatic rings. The Morgan fingerprint density at radius 1 is 1.09 bits per heavy atom. The van der Waals surface area contributed by atoms with Crippen molar-refractivity contribution in [2.45, 2.75) is 32.9 Å². The third-order valence-corrected chi connectivity index (χ3v) is 5.66. The number of carbonyl (C=O) groups excluding carboxylic acids is 1. The lowest BCUT2D eigenvalue weighted by atomic mass is 10.0. The molecular formula is C27H30N2O4. The van der Waals surface area contributed by atoms with Crippen LogP contribution in [0.4, 0.5) is 0 Å². The number of aryl methyl sites for hydroxylation is 2. The van der Waals surface area contributed by atoms with Crippen molar-refractivity contribution in [1.82, 2.24) is 10.3 Å².